The monoisotopic (exact) mass is 408 g/mol. The highest BCUT2D eigenvalue weighted by Gasteiger charge is 2.32. The molecule has 30 heavy (non-hydrogen) atoms. The van der Waals surface area contributed by atoms with Crippen molar-refractivity contribution >= 4 is 22.4 Å². The largest absolute Gasteiger partial charge is 0.495 e. The molecule has 162 valence electrons. The minimum atomic E-state index is 0.0154. The van der Waals surface area contributed by atoms with Crippen LogP contribution in [0.2, 0.25) is 0 Å². The first-order valence-electron chi connectivity index (χ1n) is 11.4. The van der Waals surface area contributed by atoms with Gasteiger partial charge in [0.1, 0.15) is 5.75 Å². The molecule has 3 rings (SSSR count). The smallest absolute Gasteiger partial charge is 0.228 e. The number of fused-ring (bicyclic) bond motifs is 1. The zero-order chi connectivity index (χ0) is 21.5. The Balaban J connectivity index is 1.79. The highest BCUT2D eigenvalue weighted by Crippen LogP contribution is 2.39. The molecule has 1 heterocycles. The number of methoxy groups -OCH3 is 1. The molecule has 0 spiro atoms. The van der Waals surface area contributed by atoms with E-state index in [0.29, 0.717) is 11.7 Å². The first-order chi connectivity index (χ1) is 14.5. The van der Waals surface area contributed by atoms with Crippen molar-refractivity contribution in [3.63, 3.8) is 0 Å². The molecular weight excluding hydrogens is 372 g/mol. The molecule has 0 saturated heterocycles. The fraction of sp³-hybridized carbons (Fsp3) is 0.538. The number of benzene rings is 1. The normalized spacial score (nSPS) is 19.2. The van der Waals surface area contributed by atoms with E-state index >= 15 is 0 Å². The molecule has 0 bridgehead atoms. The summed E-state index contributed by atoms with van der Waals surface area (Å²) in [6, 6.07) is 5.82. The van der Waals surface area contributed by atoms with E-state index in [4.69, 9.17) is 4.74 Å². The van der Waals surface area contributed by atoms with Gasteiger partial charge >= 0.3 is 0 Å². The van der Waals surface area contributed by atoms with Gasteiger partial charge in [-0.25, -0.2) is 0 Å². The molecule has 0 aliphatic heterocycles. The average molecular weight is 409 g/mol. The standard InChI is InChI=1S/C26H36N2O2/c1-5-6-7-8-9-10-20-15-18(2)19(3)16-23(20)26(29)28-25-22-13-14-27-17-21(22)11-12-24(25)30-4/h11-14,17,20,23H,5-10,15-16H2,1-4H3,(H,28,29)/t20-,23-/m1/s1. The predicted molar refractivity (Wildman–Crippen MR) is 125 cm³/mol. The van der Waals surface area contributed by atoms with Crippen LogP contribution >= 0.6 is 0 Å². The number of amides is 1. The molecule has 0 radical (unpaired) electrons. The Bertz CT molecular complexity index is 903. The van der Waals surface area contributed by atoms with Crippen LogP contribution in [0.25, 0.3) is 10.8 Å². The summed E-state index contributed by atoms with van der Waals surface area (Å²) in [6.07, 6.45) is 12.9. The molecule has 0 unspecified atom stereocenters. The Morgan fingerprint density at radius 2 is 1.87 bits per heavy atom. The Labute approximate surface area is 181 Å². The van der Waals surface area contributed by atoms with Crippen molar-refractivity contribution in [1.29, 1.82) is 0 Å². The lowest BCUT2D eigenvalue weighted by molar-refractivity contribution is -0.121. The summed E-state index contributed by atoms with van der Waals surface area (Å²) in [5.41, 5.74) is 3.59. The van der Waals surface area contributed by atoms with Crippen molar-refractivity contribution in [2.75, 3.05) is 12.4 Å². The van der Waals surface area contributed by atoms with Crippen LogP contribution in [-0.2, 0) is 4.79 Å². The number of rotatable bonds is 9. The fourth-order valence-corrected chi connectivity index (χ4v) is 4.66. The Morgan fingerprint density at radius 1 is 1.10 bits per heavy atom. The third kappa shape index (κ3) is 5.21. The first kappa shape index (κ1) is 22.3. The molecule has 1 amide bonds. The van der Waals surface area contributed by atoms with Gasteiger partial charge in [0, 0.05) is 29.1 Å². The molecule has 0 saturated carbocycles. The van der Waals surface area contributed by atoms with Crippen molar-refractivity contribution in [1.82, 2.24) is 4.98 Å². The van der Waals surface area contributed by atoms with E-state index in [9.17, 15) is 4.79 Å². The molecule has 1 aliphatic rings. The summed E-state index contributed by atoms with van der Waals surface area (Å²) in [7, 11) is 1.65. The maximum absolute atomic E-state index is 13.5. The number of hydrogen-bond acceptors (Lipinski definition) is 3. The number of nitrogens with one attached hydrogen (secondary N) is 1. The van der Waals surface area contributed by atoms with Crippen molar-refractivity contribution in [2.45, 2.75) is 72.1 Å². The second-order valence-electron chi connectivity index (χ2n) is 8.77. The van der Waals surface area contributed by atoms with Gasteiger partial charge < -0.3 is 10.1 Å². The number of anilines is 1. The van der Waals surface area contributed by atoms with Gasteiger partial charge in [0.05, 0.1) is 12.8 Å². The lowest BCUT2D eigenvalue weighted by Gasteiger charge is -2.32. The van der Waals surface area contributed by atoms with Crippen LogP contribution in [0.15, 0.2) is 41.7 Å². The zero-order valence-electron chi connectivity index (χ0n) is 19.0. The van der Waals surface area contributed by atoms with Gasteiger partial charge in [-0.2, -0.15) is 0 Å². The van der Waals surface area contributed by atoms with Crippen molar-refractivity contribution in [3.05, 3.63) is 41.7 Å². The molecule has 2 atom stereocenters. The van der Waals surface area contributed by atoms with E-state index in [1.165, 1.54) is 43.3 Å². The SMILES string of the molecule is CCCCCCC[C@@H]1CC(C)=C(C)C[C@H]1C(=O)Nc1c(OC)ccc2cnccc12. The minimum Gasteiger partial charge on any atom is -0.495 e. The molecule has 4 nitrogen and oxygen atoms in total. The third-order valence-corrected chi connectivity index (χ3v) is 6.66. The van der Waals surface area contributed by atoms with Crippen LogP contribution in [0.1, 0.15) is 72.1 Å². The molecular formula is C26H36N2O2. The third-order valence-electron chi connectivity index (χ3n) is 6.66. The van der Waals surface area contributed by atoms with Gasteiger partial charge in [0.2, 0.25) is 5.91 Å². The first-order valence-corrected chi connectivity index (χ1v) is 11.4. The van der Waals surface area contributed by atoms with Crippen LogP contribution in [0.4, 0.5) is 5.69 Å². The topological polar surface area (TPSA) is 51.2 Å². The summed E-state index contributed by atoms with van der Waals surface area (Å²) < 4.78 is 5.56. The molecule has 0 fully saturated rings. The number of carbonyl (C=O) groups is 1. The van der Waals surface area contributed by atoms with E-state index in [1.807, 2.05) is 24.4 Å². The van der Waals surface area contributed by atoms with Crippen LogP contribution in [-0.4, -0.2) is 18.0 Å². The highest BCUT2D eigenvalue weighted by molar-refractivity contribution is 6.05. The maximum atomic E-state index is 13.5. The van der Waals surface area contributed by atoms with Crippen LogP contribution in [0.5, 0.6) is 5.75 Å². The molecule has 1 aliphatic carbocycles. The summed E-state index contributed by atoms with van der Waals surface area (Å²) in [5, 5.41) is 5.20. The fourth-order valence-electron chi connectivity index (χ4n) is 4.66. The maximum Gasteiger partial charge on any atom is 0.228 e. The zero-order valence-corrected chi connectivity index (χ0v) is 19.0. The van der Waals surface area contributed by atoms with E-state index in [0.717, 1.165) is 35.7 Å². The summed E-state index contributed by atoms with van der Waals surface area (Å²) >= 11 is 0. The number of allylic oxidation sites excluding steroid dienone is 2. The summed E-state index contributed by atoms with van der Waals surface area (Å²) in [5.74, 6) is 1.24. The Kier molecular flexibility index (Phi) is 7.89. The number of unbranched alkanes of at least 4 members (excludes halogenated alkanes) is 4. The van der Waals surface area contributed by atoms with Crippen LogP contribution < -0.4 is 10.1 Å². The molecule has 2 aromatic rings. The van der Waals surface area contributed by atoms with E-state index in [-0.39, 0.29) is 11.8 Å². The number of nitrogens with zero attached hydrogens (tertiary/aromatic N) is 1. The highest BCUT2D eigenvalue weighted by atomic mass is 16.5. The van der Waals surface area contributed by atoms with E-state index < -0.39 is 0 Å². The molecule has 4 heteroatoms. The van der Waals surface area contributed by atoms with Gasteiger partial charge in [-0.05, 0) is 57.2 Å². The molecule has 1 N–H and O–H groups in total. The van der Waals surface area contributed by atoms with Crippen LogP contribution in [0.3, 0.4) is 0 Å². The lowest BCUT2D eigenvalue weighted by atomic mass is 9.74. The van der Waals surface area contributed by atoms with Gasteiger partial charge in [-0.3, -0.25) is 9.78 Å². The lowest BCUT2D eigenvalue weighted by Crippen LogP contribution is -2.32. The van der Waals surface area contributed by atoms with Gasteiger partial charge in [0.25, 0.3) is 0 Å². The predicted octanol–water partition coefficient (Wildman–Crippen LogP) is 6.91. The Hall–Kier alpha value is -2.36. The quantitative estimate of drug-likeness (QED) is 0.362. The number of ether oxygens (including phenoxy) is 1. The number of aromatic nitrogens is 1. The number of carbonyl (C=O) groups excluding carboxylic acids is 1. The van der Waals surface area contributed by atoms with Gasteiger partial charge in [0.15, 0.2) is 0 Å². The van der Waals surface area contributed by atoms with Gasteiger partial charge in [-0.15, -0.1) is 0 Å². The van der Waals surface area contributed by atoms with Crippen molar-refractivity contribution in [2.24, 2.45) is 11.8 Å². The van der Waals surface area contributed by atoms with Crippen LogP contribution in [0, 0.1) is 11.8 Å². The molecule has 1 aromatic heterocycles. The van der Waals surface area contributed by atoms with Crippen molar-refractivity contribution in [3.8, 4) is 5.75 Å². The summed E-state index contributed by atoms with van der Waals surface area (Å²) in [4.78, 5) is 17.7. The Morgan fingerprint density at radius 3 is 2.63 bits per heavy atom. The van der Waals surface area contributed by atoms with Crippen molar-refractivity contribution < 1.29 is 9.53 Å². The summed E-state index contributed by atoms with van der Waals surface area (Å²) in [6.45, 7) is 6.65. The number of hydrogen-bond donors (Lipinski definition) is 1. The second kappa shape index (κ2) is 10.6. The second-order valence-corrected chi connectivity index (χ2v) is 8.77. The molecule has 1 aromatic carbocycles. The van der Waals surface area contributed by atoms with E-state index in [1.54, 1.807) is 13.3 Å². The van der Waals surface area contributed by atoms with Gasteiger partial charge in [-0.1, -0.05) is 50.2 Å². The van der Waals surface area contributed by atoms with E-state index in [2.05, 4.69) is 31.1 Å². The average Bonchev–Trinajstić information content (AvgIpc) is 2.76. The minimum absolute atomic E-state index is 0.0154. The number of pyridine rings is 1.